The fourth-order valence-electron chi connectivity index (χ4n) is 0.999. The van der Waals surface area contributed by atoms with Crippen molar-refractivity contribution >= 4 is 33.5 Å². The number of hydrogen-bond donors (Lipinski definition) is 2. The molecule has 0 amide bonds. The highest BCUT2D eigenvalue weighted by molar-refractivity contribution is 7.89. The molecular weight excluding hydrogens is 284 g/mol. The third-order valence-electron chi connectivity index (χ3n) is 1.91. The Balaban J connectivity index is 3.10. The highest BCUT2D eigenvalue weighted by Gasteiger charge is 2.28. The number of aliphatic carboxylic acids is 1. The van der Waals surface area contributed by atoms with Crippen LogP contribution in [0.15, 0.2) is 10.3 Å². The van der Waals surface area contributed by atoms with E-state index in [1.54, 1.807) is 0 Å². The lowest BCUT2D eigenvalue weighted by Crippen LogP contribution is -2.38. The van der Waals surface area contributed by atoms with E-state index in [1.165, 1.54) is 0 Å². The molecule has 0 aromatic carbocycles. The highest BCUT2D eigenvalue weighted by atomic mass is 32.2. The van der Waals surface area contributed by atoms with Gasteiger partial charge in [-0.05, 0) is 18.5 Å². The van der Waals surface area contributed by atoms with Crippen molar-refractivity contribution < 1.29 is 27.9 Å². The summed E-state index contributed by atoms with van der Waals surface area (Å²) in [5.74, 6) is -2.24. The minimum Gasteiger partial charge on any atom is -0.480 e. The van der Waals surface area contributed by atoms with Gasteiger partial charge in [-0.2, -0.15) is 9.10 Å². The fourth-order valence-corrected chi connectivity index (χ4v) is 3.31. The van der Waals surface area contributed by atoms with Crippen LogP contribution in [0.4, 0.5) is 0 Å². The fraction of sp³-hybridized carbons (Fsp3) is 0.375. The molecule has 1 heterocycles. The van der Waals surface area contributed by atoms with Crippen molar-refractivity contribution in [1.82, 2.24) is 9.10 Å². The van der Waals surface area contributed by atoms with Crippen molar-refractivity contribution in [3.8, 4) is 0 Å². The number of esters is 1. The number of hydrogen-bond acceptors (Lipinski definition) is 7. The first kappa shape index (κ1) is 14.5. The lowest BCUT2D eigenvalue weighted by Gasteiger charge is -2.09. The van der Waals surface area contributed by atoms with Gasteiger partial charge in [0.25, 0.3) is 0 Å². The largest absolute Gasteiger partial charge is 0.480 e. The van der Waals surface area contributed by atoms with E-state index in [2.05, 4.69) is 9.11 Å². The molecule has 1 rings (SSSR count). The van der Waals surface area contributed by atoms with Crippen LogP contribution in [-0.2, 0) is 19.6 Å². The Kier molecular flexibility index (Phi) is 4.38. The summed E-state index contributed by atoms with van der Waals surface area (Å²) >= 11 is 0.755. The number of methoxy groups -OCH3 is 1. The minimum absolute atomic E-state index is 0.368. The van der Waals surface area contributed by atoms with Gasteiger partial charge in [0.15, 0.2) is 5.69 Å². The van der Waals surface area contributed by atoms with Crippen molar-refractivity contribution in [2.45, 2.75) is 17.9 Å². The number of ether oxygens (including phenoxy) is 1. The predicted octanol–water partition coefficient (Wildman–Crippen LogP) is -0.319. The van der Waals surface area contributed by atoms with Crippen LogP contribution < -0.4 is 4.72 Å². The Morgan fingerprint density at radius 2 is 2.17 bits per heavy atom. The number of carbonyl (C=O) groups excluding carboxylic acids is 1. The van der Waals surface area contributed by atoms with Crippen LogP contribution in [0.25, 0.3) is 0 Å². The van der Waals surface area contributed by atoms with Crippen LogP contribution in [0.5, 0.6) is 0 Å². The Morgan fingerprint density at radius 1 is 1.56 bits per heavy atom. The van der Waals surface area contributed by atoms with Gasteiger partial charge >= 0.3 is 11.9 Å². The maximum absolute atomic E-state index is 11.8. The van der Waals surface area contributed by atoms with Crippen LogP contribution in [0, 0.1) is 0 Å². The van der Waals surface area contributed by atoms with Crippen molar-refractivity contribution in [3.05, 3.63) is 11.1 Å². The molecule has 0 radical (unpaired) electrons. The predicted molar refractivity (Wildman–Crippen MR) is 60.9 cm³/mol. The molecular formula is C8H10N2O6S2. The van der Waals surface area contributed by atoms with E-state index < -0.39 is 32.9 Å². The normalized spacial score (nSPS) is 13.0. The average Bonchev–Trinajstić information content (AvgIpc) is 2.76. The first-order valence-corrected chi connectivity index (χ1v) is 6.89. The van der Waals surface area contributed by atoms with Crippen LogP contribution >= 0.6 is 11.5 Å². The molecule has 10 heteroatoms. The molecule has 8 nitrogen and oxygen atoms in total. The van der Waals surface area contributed by atoms with Crippen LogP contribution in [0.3, 0.4) is 0 Å². The third-order valence-corrected chi connectivity index (χ3v) is 4.24. The van der Waals surface area contributed by atoms with Crippen molar-refractivity contribution in [2.24, 2.45) is 0 Å². The molecule has 18 heavy (non-hydrogen) atoms. The van der Waals surface area contributed by atoms with E-state index in [0.29, 0.717) is 0 Å². The molecule has 0 unspecified atom stereocenters. The van der Waals surface area contributed by atoms with E-state index in [0.717, 1.165) is 30.9 Å². The molecule has 0 saturated heterocycles. The van der Waals surface area contributed by atoms with Gasteiger partial charge in [-0.3, -0.25) is 4.79 Å². The summed E-state index contributed by atoms with van der Waals surface area (Å²) in [6, 6.07) is -1.32. The molecule has 0 bridgehead atoms. The van der Waals surface area contributed by atoms with E-state index in [1.807, 2.05) is 4.72 Å². The van der Waals surface area contributed by atoms with Gasteiger partial charge in [-0.25, -0.2) is 13.2 Å². The summed E-state index contributed by atoms with van der Waals surface area (Å²) in [6.45, 7) is 1.16. The van der Waals surface area contributed by atoms with Gasteiger partial charge in [0.05, 0.1) is 7.11 Å². The summed E-state index contributed by atoms with van der Waals surface area (Å²) in [7, 11) is -3.04. The van der Waals surface area contributed by atoms with Gasteiger partial charge in [0, 0.05) is 5.38 Å². The Morgan fingerprint density at radius 3 is 2.67 bits per heavy atom. The molecule has 0 aliphatic rings. The topological polar surface area (TPSA) is 123 Å². The van der Waals surface area contributed by atoms with Crippen molar-refractivity contribution in [3.63, 3.8) is 0 Å². The second-order valence-corrected chi connectivity index (χ2v) is 5.51. The molecule has 1 aromatic heterocycles. The number of rotatable bonds is 5. The second kappa shape index (κ2) is 5.42. The summed E-state index contributed by atoms with van der Waals surface area (Å²) in [5, 5.41) is 9.76. The number of carboxylic acids is 1. The van der Waals surface area contributed by atoms with E-state index >= 15 is 0 Å². The maximum Gasteiger partial charge on any atom is 0.359 e. The third kappa shape index (κ3) is 3.03. The highest BCUT2D eigenvalue weighted by Crippen LogP contribution is 2.18. The van der Waals surface area contributed by atoms with Crippen LogP contribution in [0.2, 0.25) is 0 Å². The van der Waals surface area contributed by atoms with Crippen LogP contribution in [0.1, 0.15) is 17.4 Å². The minimum atomic E-state index is -4.13. The van der Waals surface area contributed by atoms with E-state index in [4.69, 9.17) is 5.11 Å². The van der Waals surface area contributed by atoms with Gasteiger partial charge < -0.3 is 9.84 Å². The number of sulfonamides is 1. The zero-order chi connectivity index (χ0) is 13.9. The standard InChI is InChI=1S/C8H10N2O6S2/c1-4(7(11)12)10-18(14,15)5-3-17-9-6(5)8(13)16-2/h3-4,10H,1-2H3,(H,11,12)/t4-/m1/s1. The first-order valence-electron chi connectivity index (χ1n) is 4.57. The summed E-state index contributed by atoms with van der Waals surface area (Å²) in [6.07, 6.45) is 0. The van der Waals surface area contributed by atoms with Crippen LogP contribution in [-0.4, -0.2) is 43.0 Å². The van der Waals surface area contributed by atoms with E-state index in [9.17, 15) is 18.0 Å². The Hall–Kier alpha value is -1.52. The molecule has 0 saturated carbocycles. The SMILES string of the molecule is COC(=O)c1nscc1S(=O)(=O)N[C@H](C)C(=O)O. The Labute approximate surface area is 107 Å². The van der Waals surface area contributed by atoms with Crippen molar-refractivity contribution in [2.75, 3.05) is 7.11 Å². The van der Waals surface area contributed by atoms with Crippen molar-refractivity contribution in [1.29, 1.82) is 0 Å². The quantitative estimate of drug-likeness (QED) is 0.713. The molecule has 0 spiro atoms. The smallest absolute Gasteiger partial charge is 0.359 e. The van der Waals surface area contributed by atoms with Gasteiger partial charge in [0.1, 0.15) is 10.9 Å². The summed E-state index contributed by atoms with van der Waals surface area (Å²) < 4.78 is 33.6. The van der Waals surface area contributed by atoms with Gasteiger partial charge in [-0.15, -0.1) is 0 Å². The molecule has 0 fully saturated rings. The lowest BCUT2D eigenvalue weighted by atomic mass is 10.4. The lowest BCUT2D eigenvalue weighted by molar-refractivity contribution is -0.138. The summed E-state index contributed by atoms with van der Waals surface area (Å²) in [5.41, 5.74) is -0.368. The van der Waals surface area contributed by atoms with Gasteiger partial charge in [0.2, 0.25) is 10.0 Å². The zero-order valence-corrected chi connectivity index (χ0v) is 11.0. The van der Waals surface area contributed by atoms with Gasteiger partial charge in [-0.1, -0.05) is 0 Å². The number of carboxylic acid groups (broad SMARTS) is 1. The number of nitrogens with one attached hydrogen (secondary N) is 1. The first-order chi connectivity index (χ1) is 8.29. The Bertz CT molecular complexity index is 564. The molecule has 1 atom stereocenters. The molecule has 100 valence electrons. The number of aromatic nitrogens is 1. The molecule has 2 N–H and O–H groups in total. The molecule has 0 aliphatic heterocycles. The maximum atomic E-state index is 11.8. The zero-order valence-electron chi connectivity index (χ0n) is 9.41. The number of carbonyl (C=O) groups is 2. The second-order valence-electron chi connectivity index (χ2n) is 3.20. The average molecular weight is 294 g/mol. The number of nitrogens with zero attached hydrogens (tertiary/aromatic N) is 1. The monoisotopic (exact) mass is 294 g/mol. The van der Waals surface area contributed by atoms with E-state index in [-0.39, 0.29) is 5.69 Å². The molecule has 0 aliphatic carbocycles. The molecule has 1 aromatic rings. The summed E-state index contributed by atoms with van der Waals surface area (Å²) in [4.78, 5) is 21.5.